The van der Waals surface area contributed by atoms with E-state index in [1.165, 1.54) is 9.79 Å². The molecule has 0 aliphatic carbocycles. The molecule has 2 rings (SSSR count). The third kappa shape index (κ3) is 0.956. The van der Waals surface area contributed by atoms with Crippen molar-refractivity contribution in [3.8, 4) is 0 Å². The summed E-state index contributed by atoms with van der Waals surface area (Å²) >= 11 is 3.11. The van der Waals surface area contributed by atoms with Gasteiger partial charge in [-0.3, -0.25) is 0 Å². The molecule has 1 aromatic carbocycles. The first-order valence-corrected chi connectivity index (χ1v) is 4.15. The Labute approximate surface area is 62.5 Å². The Morgan fingerprint density at radius 3 is 2.11 bits per heavy atom. The van der Waals surface area contributed by atoms with Crippen LogP contribution in [0.1, 0.15) is 0 Å². The second-order valence-electron chi connectivity index (χ2n) is 1.70. The van der Waals surface area contributed by atoms with Crippen LogP contribution in [0.25, 0.3) is 0 Å². The maximum Gasteiger partial charge on any atom is 0.0403 e. The van der Waals surface area contributed by atoms with Gasteiger partial charge in [-0.15, -0.1) is 0 Å². The van der Waals surface area contributed by atoms with Gasteiger partial charge >= 0.3 is 0 Å². The topological polar surface area (TPSA) is 14.1 Å². The highest BCUT2D eigenvalue weighted by Gasteiger charge is 2.10. The lowest BCUT2D eigenvalue weighted by Gasteiger charge is -1.88. The fraction of sp³-hybridized carbons (Fsp3) is 0. The van der Waals surface area contributed by atoms with Crippen molar-refractivity contribution in [1.82, 2.24) is 4.13 Å². The van der Waals surface area contributed by atoms with Gasteiger partial charge in [0.05, 0.1) is 0 Å². The number of hydrogen-bond donors (Lipinski definition) is 0. The molecule has 0 atom stereocenters. The molecule has 3 heteroatoms. The normalized spacial score (nSPS) is 15.6. The minimum Gasteiger partial charge on any atom is -0.0967 e. The van der Waals surface area contributed by atoms with E-state index in [9.17, 15) is 0 Å². The summed E-state index contributed by atoms with van der Waals surface area (Å²) in [5.74, 6) is 0. The molecule has 9 heavy (non-hydrogen) atoms. The van der Waals surface area contributed by atoms with Crippen molar-refractivity contribution >= 4 is 23.9 Å². The standard InChI is InChI=1S/C6H4NS2/c1-2-4-6-5(3-1)8-7-9-6/h1-4H. The minimum absolute atomic E-state index is 1.28. The van der Waals surface area contributed by atoms with Crippen molar-refractivity contribution in [3.63, 3.8) is 0 Å². The number of fused-ring (bicyclic) bond motifs is 1. The maximum atomic E-state index is 4.08. The van der Waals surface area contributed by atoms with Crippen LogP contribution < -0.4 is 4.13 Å². The Bertz CT molecular complexity index is 201. The molecule has 1 aliphatic heterocycles. The van der Waals surface area contributed by atoms with Crippen molar-refractivity contribution in [1.29, 1.82) is 0 Å². The van der Waals surface area contributed by atoms with Crippen LogP contribution in [0.4, 0.5) is 0 Å². The quantitative estimate of drug-likeness (QED) is 0.532. The van der Waals surface area contributed by atoms with Crippen molar-refractivity contribution in [2.24, 2.45) is 0 Å². The average molecular weight is 154 g/mol. The van der Waals surface area contributed by atoms with Crippen molar-refractivity contribution in [2.75, 3.05) is 0 Å². The van der Waals surface area contributed by atoms with Crippen LogP contribution in [0, 0.1) is 0 Å². The highest BCUT2D eigenvalue weighted by atomic mass is 32.2. The lowest BCUT2D eigenvalue weighted by molar-refractivity contribution is 1.27. The predicted molar refractivity (Wildman–Crippen MR) is 40.3 cm³/mol. The fourth-order valence-electron chi connectivity index (χ4n) is 0.700. The first kappa shape index (κ1) is 5.65. The van der Waals surface area contributed by atoms with E-state index in [-0.39, 0.29) is 0 Å². The average Bonchev–Trinajstić information content (AvgIpc) is 2.33. The number of hydrogen-bond acceptors (Lipinski definition) is 2. The maximum absolute atomic E-state index is 4.08. The monoisotopic (exact) mass is 154 g/mol. The number of rotatable bonds is 0. The minimum atomic E-state index is 1.28. The van der Waals surface area contributed by atoms with E-state index in [1.54, 1.807) is 23.9 Å². The van der Waals surface area contributed by atoms with Crippen molar-refractivity contribution in [2.45, 2.75) is 9.79 Å². The van der Waals surface area contributed by atoms with E-state index in [0.29, 0.717) is 0 Å². The lowest BCUT2D eigenvalue weighted by atomic mass is 10.4. The molecule has 0 aromatic heterocycles. The molecule has 45 valence electrons. The highest BCUT2D eigenvalue weighted by Crippen LogP contribution is 2.37. The molecule has 0 amide bonds. The molecule has 0 spiro atoms. The van der Waals surface area contributed by atoms with Crippen molar-refractivity contribution in [3.05, 3.63) is 24.3 Å². The van der Waals surface area contributed by atoms with Crippen LogP contribution >= 0.6 is 23.9 Å². The molecular formula is C6H4NS2. The van der Waals surface area contributed by atoms with Gasteiger partial charge in [0, 0.05) is 9.79 Å². The SMILES string of the molecule is c1ccc2c(c1)S[N]S2. The lowest BCUT2D eigenvalue weighted by Crippen LogP contribution is -1.65. The fourth-order valence-corrected chi connectivity index (χ4v) is 2.31. The molecule has 1 heterocycles. The molecule has 0 unspecified atom stereocenters. The zero-order chi connectivity index (χ0) is 6.10. The number of nitrogens with zero attached hydrogens (tertiary/aromatic N) is 1. The summed E-state index contributed by atoms with van der Waals surface area (Å²) in [5.41, 5.74) is 0. The van der Waals surface area contributed by atoms with Crippen LogP contribution in [0.5, 0.6) is 0 Å². The Morgan fingerprint density at radius 1 is 1.00 bits per heavy atom. The Morgan fingerprint density at radius 2 is 1.56 bits per heavy atom. The van der Waals surface area contributed by atoms with Gasteiger partial charge in [0.1, 0.15) is 0 Å². The van der Waals surface area contributed by atoms with Gasteiger partial charge in [-0.1, -0.05) is 16.3 Å². The van der Waals surface area contributed by atoms with Gasteiger partial charge in [0.15, 0.2) is 0 Å². The largest absolute Gasteiger partial charge is 0.0967 e. The summed E-state index contributed by atoms with van der Waals surface area (Å²) in [5, 5.41) is 0. The first-order chi connectivity index (χ1) is 4.47. The van der Waals surface area contributed by atoms with Crippen LogP contribution in [0.15, 0.2) is 34.1 Å². The Kier molecular flexibility index (Phi) is 1.41. The van der Waals surface area contributed by atoms with Crippen LogP contribution in [-0.2, 0) is 0 Å². The van der Waals surface area contributed by atoms with E-state index in [2.05, 4.69) is 16.3 Å². The number of benzene rings is 1. The first-order valence-electron chi connectivity index (χ1n) is 2.60. The van der Waals surface area contributed by atoms with Gasteiger partial charge in [0.25, 0.3) is 0 Å². The molecule has 0 N–H and O–H groups in total. The molecule has 0 saturated carbocycles. The Hall–Kier alpha value is -0.120. The summed E-state index contributed by atoms with van der Waals surface area (Å²) in [4.78, 5) is 2.56. The summed E-state index contributed by atoms with van der Waals surface area (Å²) in [6.07, 6.45) is 0. The summed E-state index contributed by atoms with van der Waals surface area (Å²) < 4.78 is 4.08. The second kappa shape index (κ2) is 2.25. The molecule has 0 bridgehead atoms. The molecule has 0 fully saturated rings. The predicted octanol–water partition coefficient (Wildman–Crippen LogP) is 2.32. The summed E-state index contributed by atoms with van der Waals surface area (Å²) in [6, 6.07) is 8.24. The van der Waals surface area contributed by atoms with Gasteiger partial charge in [0.2, 0.25) is 0 Å². The molecule has 1 aliphatic rings. The summed E-state index contributed by atoms with van der Waals surface area (Å²) in [6.45, 7) is 0. The van der Waals surface area contributed by atoms with E-state index in [0.717, 1.165) is 0 Å². The molecule has 1 nitrogen and oxygen atoms in total. The van der Waals surface area contributed by atoms with E-state index in [1.807, 2.05) is 12.1 Å². The van der Waals surface area contributed by atoms with Crippen LogP contribution in [0.3, 0.4) is 0 Å². The van der Waals surface area contributed by atoms with Gasteiger partial charge < -0.3 is 0 Å². The zero-order valence-corrected chi connectivity index (χ0v) is 6.21. The van der Waals surface area contributed by atoms with Crippen LogP contribution in [0.2, 0.25) is 0 Å². The van der Waals surface area contributed by atoms with Gasteiger partial charge in [-0.25, -0.2) is 0 Å². The molecule has 1 radical (unpaired) electrons. The smallest absolute Gasteiger partial charge is 0.0403 e. The molecule has 1 aromatic rings. The highest BCUT2D eigenvalue weighted by molar-refractivity contribution is 8.15. The van der Waals surface area contributed by atoms with Crippen molar-refractivity contribution < 1.29 is 0 Å². The third-order valence-corrected chi connectivity index (χ3v) is 2.95. The molecule has 0 saturated heterocycles. The third-order valence-electron chi connectivity index (χ3n) is 1.12. The Balaban J connectivity index is 2.54. The van der Waals surface area contributed by atoms with E-state index < -0.39 is 0 Å². The van der Waals surface area contributed by atoms with E-state index >= 15 is 0 Å². The van der Waals surface area contributed by atoms with E-state index in [4.69, 9.17) is 0 Å². The summed E-state index contributed by atoms with van der Waals surface area (Å²) in [7, 11) is 0. The van der Waals surface area contributed by atoms with Gasteiger partial charge in [-0.05, 0) is 36.0 Å². The second-order valence-corrected chi connectivity index (χ2v) is 3.54. The van der Waals surface area contributed by atoms with Crippen LogP contribution in [-0.4, -0.2) is 0 Å². The molecular weight excluding hydrogens is 150 g/mol. The van der Waals surface area contributed by atoms with Gasteiger partial charge in [-0.2, -0.15) is 0 Å². The zero-order valence-electron chi connectivity index (χ0n) is 4.57.